The molecule has 2 rings (SSSR count). The predicted molar refractivity (Wildman–Crippen MR) is 103 cm³/mol. The normalized spacial score (nSPS) is 16.0. The van der Waals surface area contributed by atoms with E-state index in [-0.39, 0.29) is 5.82 Å². The molecule has 0 aliphatic carbocycles. The van der Waals surface area contributed by atoms with E-state index in [2.05, 4.69) is 27.4 Å². The van der Waals surface area contributed by atoms with Gasteiger partial charge in [-0.15, -0.1) is 11.8 Å². The molecule has 1 saturated heterocycles. The van der Waals surface area contributed by atoms with E-state index in [0.717, 1.165) is 75.5 Å². The fourth-order valence-electron chi connectivity index (χ4n) is 2.52. The molecule has 0 saturated carbocycles. The molecule has 1 aliphatic rings. The second kappa shape index (κ2) is 12.1. The number of hydrogen-bond donors (Lipinski definition) is 2. The van der Waals surface area contributed by atoms with Crippen molar-refractivity contribution in [2.45, 2.75) is 18.2 Å². The molecule has 1 aliphatic heterocycles. The Morgan fingerprint density at radius 2 is 2.00 bits per heavy atom. The van der Waals surface area contributed by atoms with Gasteiger partial charge in [0.2, 0.25) is 0 Å². The van der Waals surface area contributed by atoms with Crippen molar-refractivity contribution in [3.8, 4) is 0 Å². The Morgan fingerprint density at radius 3 is 2.72 bits per heavy atom. The smallest absolute Gasteiger partial charge is 0.191 e. The molecule has 1 aromatic carbocycles. The van der Waals surface area contributed by atoms with Crippen LogP contribution in [0.4, 0.5) is 4.39 Å². The number of hydrogen-bond acceptors (Lipinski definition) is 4. The number of halogens is 1. The van der Waals surface area contributed by atoms with Gasteiger partial charge >= 0.3 is 0 Å². The number of ether oxygens (including phenoxy) is 1. The zero-order valence-corrected chi connectivity index (χ0v) is 15.8. The summed E-state index contributed by atoms with van der Waals surface area (Å²) >= 11 is 1.71. The lowest BCUT2D eigenvalue weighted by molar-refractivity contribution is 0.0377. The van der Waals surface area contributed by atoms with Crippen LogP contribution >= 0.6 is 11.8 Å². The van der Waals surface area contributed by atoms with Crippen LogP contribution in [0.2, 0.25) is 0 Å². The predicted octanol–water partition coefficient (Wildman–Crippen LogP) is 2.20. The van der Waals surface area contributed by atoms with Crippen molar-refractivity contribution in [2.75, 3.05) is 58.2 Å². The van der Waals surface area contributed by atoms with Crippen molar-refractivity contribution in [2.24, 2.45) is 4.99 Å². The van der Waals surface area contributed by atoms with Crippen LogP contribution in [0.3, 0.4) is 0 Å². The molecule has 140 valence electrons. The van der Waals surface area contributed by atoms with Crippen LogP contribution in [-0.4, -0.2) is 69.1 Å². The highest BCUT2D eigenvalue weighted by Gasteiger charge is 2.09. The van der Waals surface area contributed by atoms with E-state index < -0.39 is 0 Å². The van der Waals surface area contributed by atoms with Gasteiger partial charge in [0.25, 0.3) is 0 Å². The number of nitrogens with one attached hydrogen (secondary N) is 2. The van der Waals surface area contributed by atoms with Gasteiger partial charge in [-0.25, -0.2) is 4.39 Å². The third-order valence-electron chi connectivity index (χ3n) is 3.83. The van der Waals surface area contributed by atoms with Gasteiger partial charge in [0, 0.05) is 49.9 Å². The summed E-state index contributed by atoms with van der Waals surface area (Å²) in [6.07, 6.45) is 1.06. The lowest BCUT2D eigenvalue weighted by atomic mass is 10.3. The molecule has 1 heterocycles. The number of morpholine rings is 1. The number of rotatable bonds is 9. The third kappa shape index (κ3) is 8.56. The summed E-state index contributed by atoms with van der Waals surface area (Å²) in [7, 11) is 0. The van der Waals surface area contributed by atoms with E-state index in [9.17, 15) is 4.39 Å². The molecule has 5 nitrogen and oxygen atoms in total. The van der Waals surface area contributed by atoms with Gasteiger partial charge in [0.15, 0.2) is 5.96 Å². The molecule has 1 fully saturated rings. The zero-order chi connectivity index (χ0) is 17.7. The first kappa shape index (κ1) is 20.0. The van der Waals surface area contributed by atoms with Crippen LogP contribution in [0.25, 0.3) is 0 Å². The molecule has 0 aromatic heterocycles. The number of aliphatic imine (C=N–C) groups is 1. The Bertz CT molecular complexity index is 506. The maximum atomic E-state index is 12.9. The summed E-state index contributed by atoms with van der Waals surface area (Å²) in [6, 6.07) is 6.61. The molecule has 2 N–H and O–H groups in total. The third-order valence-corrected chi connectivity index (χ3v) is 4.84. The fraction of sp³-hybridized carbons (Fsp3) is 0.611. The van der Waals surface area contributed by atoms with Gasteiger partial charge in [-0.3, -0.25) is 9.89 Å². The van der Waals surface area contributed by atoms with Crippen molar-refractivity contribution < 1.29 is 9.13 Å². The second-order valence-corrected chi connectivity index (χ2v) is 6.97. The van der Waals surface area contributed by atoms with Crippen LogP contribution in [0.5, 0.6) is 0 Å². The van der Waals surface area contributed by atoms with Gasteiger partial charge in [0.1, 0.15) is 5.82 Å². The van der Waals surface area contributed by atoms with Crippen molar-refractivity contribution >= 4 is 17.7 Å². The number of thioether (sulfide) groups is 1. The fourth-order valence-corrected chi connectivity index (χ4v) is 3.29. The minimum atomic E-state index is -0.193. The van der Waals surface area contributed by atoms with E-state index in [1.165, 1.54) is 12.1 Å². The lowest BCUT2D eigenvalue weighted by Crippen LogP contribution is -2.39. The molecule has 0 spiro atoms. The van der Waals surface area contributed by atoms with Gasteiger partial charge in [0.05, 0.1) is 13.2 Å². The largest absolute Gasteiger partial charge is 0.379 e. The average molecular weight is 369 g/mol. The molecule has 7 heteroatoms. The number of guanidine groups is 1. The Labute approximate surface area is 154 Å². The minimum absolute atomic E-state index is 0.193. The molecule has 25 heavy (non-hydrogen) atoms. The molecule has 0 bridgehead atoms. The average Bonchev–Trinajstić information content (AvgIpc) is 2.64. The van der Waals surface area contributed by atoms with Gasteiger partial charge in [-0.2, -0.15) is 0 Å². The highest BCUT2D eigenvalue weighted by molar-refractivity contribution is 7.99. The first-order valence-corrected chi connectivity index (χ1v) is 9.97. The summed E-state index contributed by atoms with van der Waals surface area (Å²) < 4.78 is 18.2. The molecule has 1 aromatic rings. The van der Waals surface area contributed by atoms with E-state index in [4.69, 9.17) is 4.74 Å². The first-order chi connectivity index (χ1) is 12.3. The molecule has 0 unspecified atom stereocenters. The lowest BCUT2D eigenvalue weighted by Gasteiger charge is -2.26. The van der Waals surface area contributed by atoms with Gasteiger partial charge in [-0.1, -0.05) is 0 Å². The summed E-state index contributed by atoms with van der Waals surface area (Å²) in [5.74, 6) is 1.58. The molecule has 0 amide bonds. The van der Waals surface area contributed by atoms with Crippen molar-refractivity contribution in [3.63, 3.8) is 0 Å². The molecule has 0 atom stereocenters. The maximum absolute atomic E-state index is 12.9. The summed E-state index contributed by atoms with van der Waals surface area (Å²) in [4.78, 5) is 8.14. The zero-order valence-electron chi connectivity index (χ0n) is 15.0. The SMILES string of the molecule is CCNC(=NCCCN1CCOCC1)NCCSc1ccc(F)cc1. The van der Waals surface area contributed by atoms with E-state index >= 15 is 0 Å². The minimum Gasteiger partial charge on any atom is -0.379 e. The van der Waals surface area contributed by atoms with Crippen molar-refractivity contribution in [3.05, 3.63) is 30.1 Å². The summed E-state index contributed by atoms with van der Waals surface area (Å²) in [5, 5.41) is 6.62. The summed E-state index contributed by atoms with van der Waals surface area (Å²) in [6.45, 7) is 9.38. The van der Waals surface area contributed by atoms with Crippen LogP contribution in [-0.2, 0) is 4.74 Å². The van der Waals surface area contributed by atoms with E-state index in [0.29, 0.717) is 0 Å². The van der Waals surface area contributed by atoms with Crippen LogP contribution in [0.15, 0.2) is 34.2 Å². The number of nitrogens with zero attached hydrogens (tertiary/aromatic N) is 2. The Balaban J connectivity index is 1.62. The Kier molecular flexibility index (Phi) is 9.69. The van der Waals surface area contributed by atoms with E-state index in [1.54, 1.807) is 11.8 Å². The Hall–Kier alpha value is -1.31. The monoisotopic (exact) mass is 368 g/mol. The van der Waals surface area contributed by atoms with Crippen LogP contribution in [0, 0.1) is 5.82 Å². The van der Waals surface area contributed by atoms with Gasteiger partial charge < -0.3 is 15.4 Å². The summed E-state index contributed by atoms with van der Waals surface area (Å²) in [5.41, 5.74) is 0. The van der Waals surface area contributed by atoms with Gasteiger partial charge in [-0.05, 0) is 37.6 Å². The van der Waals surface area contributed by atoms with Crippen molar-refractivity contribution in [1.82, 2.24) is 15.5 Å². The highest BCUT2D eigenvalue weighted by Crippen LogP contribution is 2.17. The quantitative estimate of drug-likeness (QED) is 0.303. The van der Waals surface area contributed by atoms with E-state index in [1.807, 2.05) is 12.1 Å². The van der Waals surface area contributed by atoms with Crippen molar-refractivity contribution in [1.29, 1.82) is 0 Å². The number of benzene rings is 1. The molecule has 0 radical (unpaired) electrons. The van der Waals surface area contributed by atoms with Crippen LogP contribution in [0.1, 0.15) is 13.3 Å². The Morgan fingerprint density at radius 1 is 1.24 bits per heavy atom. The standard InChI is InChI=1S/C18H29FN4OS/c1-2-20-18(21-8-3-10-23-11-13-24-14-12-23)22-9-15-25-17-6-4-16(19)5-7-17/h4-7H,2-3,8-15H2,1H3,(H2,20,21,22). The first-order valence-electron chi connectivity index (χ1n) is 8.98. The second-order valence-electron chi connectivity index (χ2n) is 5.80. The molecular formula is C18H29FN4OS. The topological polar surface area (TPSA) is 48.9 Å². The maximum Gasteiger partial charge on any atom is 0.191 e. The molecular weight excluding hydrogens is 339 g/mol. The highest BCUT2D eigenvalue weighted by atomic mass is 32.2. The van der Waals surface area contributed by atoms with Crippen LogP contribution < -0.4 is 10.6 Å².